The number of hydrogen-bond acceptors (Lipinski definition) is 7. The van der Waals surface area contributed by atoms with Crippen molar-refractivity contribution in [3.8, 4) is 16.9 Å². The van der Waals surface area contributed by atoms with Gasteiger partial charge in [-0.25, -0.2) is 9.37 Å². The van der Waals surface area contributed by atoms with Crippen molar-refractivity contribution in [2.75, 3.05) is 10.6 Å². The molecule has 1 fully saturated rings. The highest BCUT2D eigenvalue weighted by Crippen LogP contribution is 2.31. The van der Waals surface area contributed by atoms with Crippen molar-refractivity contribution >= 4 is 23.2 Å². The van der Waals surface area contributed by atoms with Gasteiger partial charge in [-0.05, 0) is 31.0 Å². The Labute approximate surface area is 184 Å². The lowest BCUT2D eigenvalue weighted by atomic mass is 9.91. The summed E-state index contributed by atoms with van der Waals surface area (Å²) in [4.78, 5) is 20.4. The van der Waals surface area contributed by atoms with Crippen LogP contribution in [-0.4, -0.2) is 33.1 Å². The molecule has 2 aromatic heterocycles. The van der Waals surface area contributed by atoms with Gasteiger partial charge in [-0.1, -0.05) is 31.0 Å². The van der Waals surface area contributed by atoms with Gasteiger partial charge in [0.05, 0.1) is 17.4 Å². The molecular weight excluding hydrogens is 411 g/mol. The van der Waals surface area contributed by atoms with Gasteiger partial charge in [0.25, 0.3) is 5.91 Å². The maximum atomic E-state index is 14.7. The molecule has 1 amide bonds. The Bertz CT molecular complexity index is 1140. The normalized spacial score (nSPS) is 18.2. The minimum absolute atomic E-state index is 0.00432. The second-order valence-corrected chi connectivity index (χ2v) is 7.88. The number of benzene rings is 1. The van der Waals surface area contributed by atoms with Crippen molar-refractivity contribution in [3.05, 3.63) is 60.2 Å². The summed E-state index contributed by atoms with van der Waals surface area (Å²) in [6.07, 6.45) is 6.85. The van der Waals surface area contributed by atoms with E-state index in [0.717, 1.165) is 31.7 Å². The zero-order chi connectivity index (χ0) is 22.7. The highest BCUT2D eigenvalue weighted by molar-refractivity contribution is 5.98. The minimum atomic E-state index is -0.815. The number of nitrogens with two attached hydrogens (primary N) is 2. The Balaban J connectivity index is 1.66. The SMILES string of the molecule is NC(=O)c1cc(F)c(N[C@@H]2CCCC[C@@H]2N)nc1Nc1cncc(-c2ccccc2O)c1. The molecule has 0 unspecified atom stereocenters. The van der Waals surface area contributed by atoms with Gasteiger partial charge >= 0.3 is 0 Å². The van der Waals surface area contributed by atoms with E-state index in [0.29, 0.717) is 16.8 Å². The molecular formula is C23H25FN6O2. The summed E-state index contributed by atoms with van der Waals surface area (Å²) in [7, 11) is 0. The van der Waals surface area contributed by atoms with Crippen molar-refractivity contribution in [2.45, 2.75) is 37.8 Å². The van der Waals surface area contributed by atoms with Crippen LogP contribution in [0, 0.1) is 5.82 Å². The molecule has 0 radical (unpaired) electrons. The molecule has 0 aliphatic heterocycles. The van der Waals surface area contributed by atoms with E-state index in [4.69, 9.17) is 11.5 Å². The molecule has 0 bridgehead atoms. The number of nitrogens with zero attached hydrogens (tertiary/aromatic N) is 2. The summed E-state index contributed by atoms with van der Waals surface area (Å²) in [5, 5.41) is 16.2. The number of anilines is 3. The predicted molar refractivity (Wildman–Crippen MR) is 121 cm³/mol. The fourth-order valence-corrected chi connectivity index (χ4v) is 3.90. The van der Waals surface area contributed by atoms with Crippen molar-refractivity contribution in [1.82, 2.24) is 9.97 Å². The van der Waals surface area contributed by atoms with Crippen molar-refractivity contribution in [2.24, 2.45) is 11.5 Å². The number of aromatic nitrogens is 2. The molecule has 2 heterocycles. The van der Waals surface area contributed by atoms with Crippen LogP contribution in [0.4, 0.5) is 21.7 Å². The predicted octanol–water partition coefficient (Wildman–Crippen LogP) is 3.51. The summed E-state index contributed by atoms with van der Waals surface area (Å²) < 4.78 is 14.7. The van der Waals surface area contributed by atoms with Gasteiger partial charge in [-0.3, -0.25) is 9.78 Å². The zero-order valence-electron chi connectivity index (χ0n) is 17.4. The first-order chi connectivity index (χ1) is 15.4. The van der Waals surface area contributed by atoms with Gasteiger partial charge in [0, 0.05) is 29.4 Å². The average molecular weight is 436 g/mol. The molecule has 1 aromatic carbocycles. The molecule has 7 N–H and O–H groups in total. The maximum absolute atomic E-state index is 14.7. The van der Waals surface area contributed by atoms with Crippen LogP contribution in [0.15, 0.2) is 48.8 Å². The molecule has 3 aromatic rings. The number of hydrogen-bond donors (Lipinski definition) is 5. The van der Waals surface area contributed by atoms with Crippen LogP contribution >= 0.6 is 0 Å². The van der Waals surface area contributed by atoms with E-state index in [9.17, 15) is 14.3 Å². The number of amides is 1. The molecule has 0 spiro atoms. The van der Waals surface area contributed by atoms with Crippen LogP contribution in [0.25, 0.3) is 11.1 Å². The van der Waals surface area contributed by atoms with E-state index in [2.05, 4.69) is 20.6 Å². The Morgan fingerprint density at radius 1 is 1.12 bits per heavy atom. The van der Waals surface area contributed by atoms with E-state index < -0.39 is 11.7 Å². The number of rotatable bonds is 6. The van der Waals surface area contributed by atoms with Gasteiger partial charge in [0.15, 0.2) is 11.6 Å². The number of carbonyl (C=O) groups excluding carboxylic acids is 1. The van der Waals surface area contributed by atoms with Crippen LogP contribution < -0.4 is 22.1 Å². The third-order valence-electron chi connectivity index (χ3n) is 5.60. The number of phenols is 1. The van der Waals surface area contributed by atoms with E-state index in [1.54, 1.807) is 36.5 Å². The maximum Gasteiger partial charge on any atom is 0.252 e. The fourth-order valence-electron chi connectivity index (χ4n) is 3.90. The third kappa shape index (κ3) is 4.62. The van der Waals surface area contributed by atoms with E-state index in [1.807, 2.05) is 0 Å². The first kappa shape index (κ1) is 21.5. The Kier molecular flexibility index (Phi) is 6.18. The molecule has 1 aliphatic carbocycles. The molecule has 1 aliphatic rings. The molecule has 32 heavy (non-hydrogen) atoms. The first-order valence-electron chi connectivity index (χ1n) is 10.5. The molecule has 4 rings (SSSR count). The average Bonchev–Trinajstić information content (AvgIpc) is 2.77. The zero-order valence-corrected chi connectivity index (χ0v) is 17.4. The number of phenolic OH excluding ortho intramolecular Hbond substituents is 1. The number of nitrogens with one attached hydrogen (secondary N) is 2. The monoisotopic (exact) mass is 436 g/mol. The lowest BCUT2D eigenvalue weighted by Gasteiger charge is -2.30. The molecule has 8 nitrogen and oxygen atoms in total. The highest BCUT2D eigenvalue weighted by Gasteiger charge is 2.24. The molecule has 9 heteroatoms. The van der Waals surface area contributed by atoms with Crippen molar-refractivity contribution in [3.63, 3.8) is 0 Å². The Morgan fingerprint density at radius 3 is 2.66 bits per heavy atom. The topological polar surface area (TPSA) is 139 Å². The van der Waals surface area contributed by atoms with Crippen LogP contribution in [0.1, 0.15) is 36.0 Å². The van der Waals surface area contributed by atoms with Gasteiger partial charge in [0.2, 0.25) is 0 Å². The summed E-state index contributed by atoms with van der Waals surface area (Å²) in [5.74, 6) is -1.28. The number of carbonyl (C=O) groups is 1. The molecule has 166 valence electrons. The second kappa shape index (κ2) is 9.19. The van der Waals surface area contributed by atoms with Crippen LogP contribution in [0.5, 0.6) is 5.75 Å². The lowest BCUT2D eigenvalue weighted by Crippen LogP contribution is -2.43. The van der Waals surface area contributed by atoms with Gasteiger partial charge in [-0.15, -0.1) is 0 Å². The number of aromatic hydroxyl groups is 1. The van der Waals surface area contributed by atoms with Crippen molar-refractivity contribution in [1.29, 1.82) is 0 Å². The summed E-state index contributed by atoms with van der Waals surface area (Å²) in [6.45, 7) is 0. The Morgan fingerprint density at radius 2 is 1.91 bits per heavy atom. The molecule has 2 atom stereocenters. The molecule has 0 saturated heterocycles. The van der Waals surface area contributed by atoms with Crippen molar-refractivity contribution < 1.29 is 14.3 Å². The quantitative estimate of drug-likeness (QED) is 0.398. The van der Waals surface area contributed by atoms with Gasteiger partial charge < -0.3 is 27.2 Å². The smallest absolute Gasteiger partial charge is 0.252 e. The first-order valence-corrected chi connectivity index (χ1v) is 10.5. The largest absolute Gasteiger partial charge is 0.507 e. The van der Waals surface area contributed by atoms with Gasteiger partial charge in [0.1, 0.15) is 11.6 Å². The summed E-state index contributed by atoms with van der Waals surface area (Å²) >= 11 is 0. The number of para-hydroxylation sites is 1. The lowest BCUT2D eigenvalue weighted by molar-refractivity contribution is 0.100. The van der Waals surface area contributed by atoms with Gasteiger partial charge in [-0.2, -0.15) is 0 Å². The number of pyridine rings is 2. The number of halogens is 1. The van der Waals surface area contributed by atoms with E-state index in [-0.39, 0.29) is 35.0 Å². The minimum Gasteiger partial charge on any atom is -0.507 e. The van der Waals surface area contributed by atoms with Crippen LogP contribution in [0.2, 0.25) is 0 Å². The standard InChI is InChI=1S/C23H25FN6O2/c24-17-10-16(21(26)32)22(30-23(17)29-19-7-3-2-6-18(19)25)28-14-9-13(11-27-12-14)15-5-1-4-8-20(15)31/h1,4-5,8-12,18-19,31H,2-3,6-7,25H2,(H2,26,32)(H2,28,29,30)/t18-,19+/m0/s1. The Hall–Kier alpha value is -3.72. The fraction of sp³-hybridized carbons (Fsp3) is 0.261. The van der Waals surface area contributed by atoms with Crippen LogP contribution in [0.3, 0.4) is 0 Å². The summed E-state index contributed by atoms with van der Waals surface area (Å²) in [6, 6.07) is 9.46. The molecule has 1 saturated carbocycles. The third-order valence-corrected chi connectivity index (χ3v) is 5.60. The second-order valence-electron chi connectivity index (χ2n) is 7.88. The van der Waals surface area contributed by atoms with E-state index in [1.165, 1.54) is 6.20 Å². The summed E-state index contributed by atoms with van der Waals surface area (Å²) in [5.41, 5.74) is 13.3. The highest BCUT2D eigenvalue weighted by atomic mass is 19.1. The van der Waals surface area contributed by atoms with Crippen LogP contribution in [-0.2, 0) is 0 Å². The van der Waals surface area contributed by atoms with E-state index >= 15 is 0 Å². The number of primary amides is 1.